The van der Waals surface area contributed by atoms with Crippen LogP contribution < -0.4 is 5.32 Å². The highest BCUT2D eigenvalue weighted by atomic mass is 15.4. The highest BCUT2D eigenvalue weighted by Crippen LogP contribution is 2.00. The zero-order chi connectivity index (χ0) is 8.39. The summed E-state index contributed by atoms with van der Waals surface area (Å²) in [7, 11) is 0. The van der Waals surface area contributed by atoms with Crippen molar-refractivity contribution in [2.24, 2.45) is 4.99 Å². The second kappa shape index (κ2) is 2.62. The van der Waals surface area contributed by atoms with E-state index in [2.05, 4.69) is 20.4 Å². The van der Waals surface area contributed by atoms with Gasteiger partial charge in [-0.15, -0.1) is 0 Å². The van der Waals surface area contributed by atoms with E-state index in [0.717, 1.165) is 12.2 Å². The molecule has 0 fully saturated rings. The van der Waals surface area contributed by atoms with E-state index < -0.39 is 0 Å². The lowest BCUT2D eigenvalue weighted by Gasteiger charge is -2.10. The Morgan fingerprint density at radius 2 is 2.58 bits per heavy atom. The first-order chi connectivity index (χ1) is 5.92. The Labute approximate surface area is 68.5 Å². The number of rotatable bonds is 0. The molecule has 0 spiro atoms. The Balaban J connectivity index is 2.38. The number of nitrogens with zero attached hydrogens (tertiary/aromatic N) is 5. The van der Waals surface area contributed by atoms with Gasteiger partial charge in [0.1, 0.15) is 12.2 Å². The normalized spacial score (nSPS) is 14.4. The van der Waals surface area contributed by atoms with Crippen LogP contribution in [-0.4, -0.2) is 27.3 Å². The van der Waals surface area contributed by atoms with Crippen LogP contribution in [0.4, 0.5) is 0 Å². The first-order valence-electron chi connectivity index (χ1n) is 3.50. The summed E-state index contributed by atoms with van der Waals surface area (Å²) in [4.78, 5) is 8.09. The van der Waals surface area contributed by atoms with Gasteiger partial charge in [0.25, 0.3) is 0 Å². The zero-order valence-corrected chi connectivity index (χ0v) is 6.23. The molecule has 1 aliphatic heterocycles. The molecule has 0 aromatic carbocycles. The van der Waals surface area contributed by atoms with Gasteiger partial charge in [0.05, 0.1) is 0 Å². The van der Waals surface area contributed by atoms with Gasteiger partial charge in [0.2, 0.25) is 5.96 Å². The molecule has 0 amide bonds. The van der Waals surface area contributed by atoms with E-state index >= 15 is 0 Å². The van der Waals surface area contributed by atoms with Crippen LogP contribution in [0.3, 0.4) is 0 Å². The summed E-state index contributed by atoms with van der Waals surface area (Å²) in [6, 6.07) is 0. The number of fused-ring (bicyclic) bond motifs is 1. The molecular formula is C6H6N6. The molecule has 0 saturated heterocycles. The summed E-state index contributed by atoms with van der Waals surface area (Å²) in [5.41, 5.74) is 0. The predicted molar refractivity (Wildman–Crippen MR) is 40.2 cm³/mol. The van der Waals surface area contributed by atoms with Gasteiger partial charge in [-0.1, -0.05) is 0 Å². The minimum absolute atomic E-state index is 0.455. The molecule has 12 heavy (non-hydrogen) atoms. The molecule has 6 nitrogen and oxygen atoms in total. The summed E-state index contributed by atoms with van der Waals surface area (Å²) >= 11 is 0. The van der Waals surface area contributed by atoms with Gasteiger partial charge in [-0.05, 0) is 0 Å². The third-order valence-electron chi connectivity index (χ3n) is 1.58. The topological polar surface area (TPSA) is 78.9 Å². The second-order valence-electron chi connectivity index (χ2n) is 2.28. The molecule has 1 aliphatic rings. The third-order valence-corrected chi connectivity index (χ3v) is 1.58. The number of aliphatic imine (C=N–C) groups is 1. The second-order valence-corrected chi connectivity index (χ2v) is 2.28. The highest BCUT2D eigenvalue weighted by molar-refractivity contribution is 5.83. The van der Waals surface area contributed by atoms with Gasteiger partial charge in [-0.25, -0.2) is 9.98 Å². The minimum Gasteiger partial charge on any atom is -0.261 e. The van der Waals surface area contributed by atoms with Crippen LogP contribution in [0, 0.1) is 11.5 Å². The van der Waals surface area contributed by atoms with Gasteiger partial charge in [0, 0.05) is 13.0 Å². The fourth-order valence-corrected chi connectivity index (χ4v) is 1.08. The van der Waals surface area contributed by atoms with Crippen molar-refractivity contribution >= 4 is 5.96 Å². The Bertz CT molecular complexity index is 356. The van der Waals surface area contributed by atoms with Gasteiger partial charge in [-0.3, -0.25) is 5.32 Å². The maximum absolute atomic E-state index is 8.38. The number of nitrogens with one attached hydrogen (secondary N) is 1. The van der Waals surface area contributed by atoms with Gasteiger partial charge < -0.3 is 0 Å². The maximum Gasteiger partial charge on any atom is 0.234 e. The van der Waals surface area contributed by atoms with Crippen LogP contribution in [0.15, 0.2) is 11.3 Å². The van der Waals surface area contributed by atoms with Crippen molar-refractivity contribution in [3.8, 4) is 6.19 Å². The molecule has 0 saturated carbocycles. The molecule has 0 bridgehead atoms. The van der Waals surface area contributed by atoms with Crippen molar-refractivity contribution in [2.75, 3.05) is 6.54 Å². The minimum atomic E-state index is 0.455. The van der Waals surface area contributed by atoms with E-state index in [1.54, 1.807) is 6.19 Å². The van der Waals surface area contributed by atoms with Crippen molar-refractivity contribution in [1.82, 2.24) is 20.1 Å². The van der Waals surface area contributed by atoms with Crippen molar-refractivity contribution in [1.29, 1.82) is 5.26 Å². The number of nitriles is 1. The van der Waals surface area contributed by atoms with Gasteiger partial charge >= 0.3 is 0 Å². The van der Waals surface area contributed by atoms with Crippen LogP contribution in [0.2, 0.25) is 0 Å². The van der Waals surface area contributed by atoms with Crippen molar-refractivity contribution in [3.05, 3.63) is 12.2 Å². The van der Waals surface area contributed by atoms with E-state index in [-0.39, 0.29) is 0 Å². The quantitative estimate of drug-likeness (QED) is 0.396. The third kappa shape index (κ3) is 0.917. The van der Waals surface area contributed by atoms with Crippen molar-refractivity contribution in [2.45, 2.75) is 6.42 Å². The van der Waals surface area contributed by atoms with Gasteiger partial charge in [0.15, 0.2) is 6.19 Å². The first-order valence-corrected chi connectivity index (χ1v) is 3.50. The summed E-state index contributed by atoms with van der Waals surface area (Å²) in [6.45, 7) is 0.655. The van der Waals surface area contributed by atoms with Crippen LogP contribution >= 0.6 is 0 Å². The molecule has 2 heterocycles. The predicted octanol–water partition coefficient (Wildman–Crippen LogP) is -0.891. The summed E-state index contributed by atoms with van der Waals surface area (Å²) < 4.78 is 1.53. The summed E-state index contributed by atoms with van der Waals surface area (Å²) in [6.07, 6.45) is 4.03. The standard InChI is InChI=1S/C6H6N6/c7-3-9-6-8-2-1-5-10-4-11-12(5)6/h4H,1-2H2,(H,8,9). The summed E-state index contributed by atoms with van der Waals surface area (Å²) in [5.74, 6) is 1.29. The largest absolute Gasteiger partial charge is 0.261 e. The van der Waals surface area contributed by atoms with E-state index in [0.29, 0.717) is 12.5 Å². The fraction of sp³-hybridized carbons (Fsp3) is 0.333. The first kappa shape index (κ1) is 6.79. The van der Waals surface area contributed by atoms with Crippen LogP contribution in [0.1, 0.15) is 5.82 Å². The smallest absolute Gasteiger partial charge is 0.234 e. The molecule has 0 unspecified atom stereocenters. The average molecular weight is 162 g/mol. The molecule has 2 rings (SSSR count). The average Bonchev–Trinajstić information content (AvgIpc) is 2.53. The highest BCUT2D eigenvalue weighted by Gasteiger charge is 2.13. The van der Waals surface area contributed by atoms with E-state index in [9.17, 15) is 0 Å². The Hall–Kier alpha value is -1.90. The van der Waals surface area contributed by atoms with Crippen LogP contribution in [-0.2, 0) is 6.42 Å². The molecule has 1 aromatic heterocycles. The number of aromatic nitrogens is 3. The van der Waals surface area contributed by atoms with Gasteiger partial charge in [-0.2, -0.15) is 15.0 Å². The number of hydrogen-bond donors (Lipinski definition) is 1. The Kier molecular flexibility index (Phi) is 1.48. The van der Waals surface area contributed by atoms with E-state index in [1.807, 2.05) is 0 Å². The van der Waals surface area contributed by atoms with E-state index in [1.165, 1.54) is 11.0 Å². The molecular weight excluding hydrogens is 156 g/mol. The van der Waals surface area contributed by atoms with Crippen LogP contribution in [0.5, 0.6) is 0 Å². The molecule has 0 radical (unpaired) electrons. The molecule has 1 aromatic rings. The maximum atomic E-state index is 8.38. The van der Waals surface area contributed by atoms with Crippen molar-refractivity contribution in [3.63, 3.8) is 0 Å². The van der Waals surface area contributed by atoms with Crippen molar-refractivity contribution < 1.29 is 0 Å². The fourth-order valence-electron chi connectivity index (χ4n) is 1.08. The number of hydrogen-bond acceptors (Lipinski definition) is 5. The molecule has 6 heteroatoms. The monoisotopic (exact) mass is 162 g/mol. The lowest BCUT2D eigenvalue weighted by atomic mass is 10.4. The molecule has 0 atom stereocenters. The lowest BCUT2D eigenvalue weighted by Crippen LogP contribution is -2.32. The SMILES string of the molecule is N#CNC1=NCCc2ncnn21. The summed E-state index contributed by atoms with van der Waals surface area (Å²) in [5, 5.41) is 14.7. The van der Waals surface area contributed by atoms with Crippen LogP contribution in [0.25, 0.3) is 0 Å². The van der Waals surface area contributed by atoms with E-state index in [4.69, 9.17) is 5.26 Å². The Morgan fingerprint density at radius 3 is 3.42 bits per heavy atom. The Morgan fingerprint density at radius 1 is 1.67 bits per heavy atom. The lowest BCUT2D eigenvalue weighted by molar-refractivity contribution is 0.743. The molecule has 60 valence electrons. The molecule has 1 N–H and O–H groups in total. The molecule has 0 aliphatic carbocycles. The zero-order valence-electron chi connectivity index (χ0n) is 6.23.